The molecule has 0 bridgehead atoms. The van der Waals surface area contributed by atoms with Gasteiger partial charge in [0.2, 0.25) is 5.91 Å². The summed E-state index contributed by atoms with van der Waals surface area (Å²) in [6, 6.07) is 0. The number of carbonyl (C=O) groups is 1. The van der Waals surface area contributed by atoms with Gasteiger partial charge in [0.15, 0.2) is 0 Å². The number of nitrogens with one attached hydrogen (secondary N) is 1. The van der Waals surface area contributed by atoms with Gasteiger partial charge < -0.3 is 19.9 Å². The van der Waals surface area contributed by atoms with E-state index in [1.807, 2.05) is 11.9 Å². The van der Waals surface area contributed by atoms with Crippen molar-refractivity contribution in [2.45, 2.75) is 6.10 Å². The van der Waals surface area contributed by atoms with Gasteiger partial charge in [-0.15, -0.1) is 0 Å². The summed E-state index contributed by atoms with van der Waals surface area (Å²) in [6.45, 7) is 7.50. The molecule has 1 unspecified atom stereocenters. The molecule has 110 valence electrons. The molecular weight excluding hydrogens is 244 g/mol. The number of amides is 1. The van der Waals surface area contributed by atoms with Crippen LogP contribution in [-0.2, 0) is 9.53 Å². The molecule has 0 aromatic rings. The first-order chi connectivity index (χ1) is 9.19. The van der Waals surface area contributed by atoms with Crippen molar-refractivity contribution in [3.63, 3.8) is 0 Å². The normalized spacial score (nSPS) is 26.6. The molecule has 2 heterocycles. The lowest BCUT2D eigenvalue weighted by atomic mass is 10.2. The smallest absolute Gasteiger partial charge is 0.236 e. The van der Waals surface area contributed by atoms with Gasteiger partial charge in [-0.05, 0) is 14.1 Å². The van der Waals surface area contributed by atoms with Gasteiger partial charge in [-0.25, -0.2) is 0 Å². The molecule has 6 nitrogen and oxygen atoms in total. The molecule has 19 heavy (non-hydrogen) atoms. The molecule has 6 heteroatoms. The highest BCUT2D eigenvalue weighted by Gasteiger charge is 2.25. The van der Waals surface area contributed by atoms with Crippen LogP contribution in [-0.4, -0.2) is 99.8 Å². The number of likely N-dealkylation sites (N-methyl/N-ethyl adjacent to an activating group) is 2. The first kappa shape index (κ1) is 14.7. The second-order valence-corrected chi connectivity index (χ2v) is 5.47. The van der Waals surface area contributed by atoms with E-state index >= 15 is 0 Å². The first-order valence-electron chi connectivity index (χ1n) is 7.14. The van der Waals surface area contributed by atoms with Gasteiger partial charge in [0.1, 0.15) is 0 Å². The zero-order valence-corrected chi connectivity index (χ0v) is 12.1. The summed E-state index contributed by atoms with van der Waals surface area (Å²) in [5, 5.41) is 3.13. The van der Waals surface area contributed by atoms with Crippen molar-refractivity contribution in [2.75, 3.05) is 73.1 Å². The van der Waals surface area contributed by atoms with Crippen molar-refractivity contribution >= 4 is 5.91 Å². The molecule has 0 aliphatic carbocycles. The van der Waals surface area contributed by atoms with Crippen LogP contribution in [0.25, 0.3) is 0 Å². The van der Waals surface area contributed by atoms with E-state index in [0.717, 1.165) is 52.4 Å². The molecule has 1 N–H and O–H groups in total. The molecule has 2 rings (SSSR count). The average Bonchev–Trinajstić information content (AvgIpc) is 2.40. The maximum Gasteiger partial charge on any atom is 0.236 e. The Balaban J connectivity index is 1.75. The topological polar surface area (TPSA) is 48.1 Å². The van der Waals surface area contributed by atoms with Gasteiger partial charge in [-0.3, -0.25) is 9.69 Å². The molecule has 0 saturated carbocycles. The van der Waals surface area contributed by atoms with E-state index in [0.29, 0.717) is 6.54 Å². The summed E-state index contributed by atoms with van der Waals surface area (Å²) in [4.78, 5) is 18.7. The minimum Gasteiger partial charge on any atom is -0.374 e. The van der Waals surface area contributed by atoms with Crippen molar-refractivity contribution < 1.29 is 9.53 Å². The molecule has 2 fully saturated rings. The summed E-state index contributed by atoms with van der Waals surface area (Å²) in [5.74, 6) is 0.262. The van der Waals surface area contributed by atoms with Crippen molar-refractivity contribution in [3.05, 3.63) is 0 Å². The van der Waals surface area contributed by atoms with Crippen molar-refractivity contribution in [2.24, 2.45) is 0 Å². The second-order valence-electron chi connectivity index (χ2n) is 5.47. The van der Waals surface area contributed by atoms with Gasteiger partial charge >= 0.3 is 0 Å². The molecule has 2 aliphatic heterocycles. The molecule has 0 spiro atoms. The maximum absolute atomic E-state index is 12.2. The monoisotopic (exact) mass is 270 g/mol. The van der Waals surface area contributed by atoms with Gasteiger partial charge in [0, 0.05) is 45.8 Å². The van der Waals surface area contributed by atoms with Gasteiger partial charge in [0.05, 0.1) is 19.3 Å². The molecule has 0 radical (unpaired) electrons. The van der Waals surface area contributed by atoms with Crippen molar-refractivity contribution in [1.29, 1.82) is 0 Å². The Bertz CT molecular complexity index is 290. The summed E-state index contributed by atoms with van der Waals surface area (Å²) >= 11 is 0. The number of hydrogen-bond acceptors (Lipinski definition) is 5. The number of carbonyl (C=O) groups excluding carboxylic acids is 1. The molecule has 1 amide bonds. The molecule has 1 atom stereocenters. The molecular formula is C13H26N4O2. The molecule has 0 aromatic heterocycles. The third-order valence-electron chi connectivity index (χ3n) is 3.87. The Morgan fingerprint density at radius 2 is 2.00 bits per heavy atom. The number of piperazine rings is 1. The number of morpholine rings is 1. The fourth-order valence-electron chi connectivity index (χ4n) is 2.62. The third-order valence-corrected chi connectivity index (χ3v) is 3.87. The van der Waals surface area contributed by atoms with Crippen LogP contribution in [0.4, 0.5) is 0 Å². The lowest BCUT2D eigenvalue weighted by molar-refractivity contribution is -0.135. The summed E-state index contributed by atoms with van der Waals surface area (Å²) in [6.07, 6.45) is 0.207. The quantitative estimate of drug-likeness (QED) is 0.687. The average molecular weight is 270 g/mol. The molecule has 2 saturated heterocycles. The van der Waals surface area contributed by atoms with E-state index in [-0.39, 0.29) is 12.0 Å². The van der Waals surface area contributed by atoms with E-state index < -0.39 is 0 Å². The van der Waals surface area contributed by atoms with E-state index in [4.69, 9.17) is 4.74 Å². The standard InChI is InChI=1S/C13H26N4O2/c1-14-9-12-10-16(7-8-19-12)11-13(18)17-5-3-15(2)4-6-17/h12,14H,3-11H2,1-2H3. The van der Waals surface area contributed by atoms with Crippen LogP contribution >= 0.6 is 0 Å². The van der Waals surface area contributed by atoms with Crippen molar-refractivity contribution in [3.8, 4) is 0 Å². The predicted molar refractivity (Wildman–Crippen MR) is 74.2 cm³/mol. The van der Waals surface area contributed by atoms with Crippen LogP contribution in [0.2, 0.25) is 0 Å². The predicted octanol–water partition coefficient (Wildman–Crippen LogP) is -1.32. The maximum atomic E-state index is 12.2. The molecule has 2 aliphatic rings. The van der Waals surface area contributed by atoms with Crippen LogP contribution in [0.5, 0.6) is 0 Å². The Kier molecular flexibility index (Phi) is 5.57. The Morgan fingerprint density at radius 1 is 1.26 bits per heavy atom. The van der Waals surface area contributed by atoms with Crippen LogP contribution in [0.1, 0.15) is 0 Å². The Hall–Kier alpha value is -0.690. The van der Waals surface area contributed by atoms with E-state index in [9.17, 15) is 4.79 Å². The van der Waals surface area contributed by atoms with E-state index in [1.54, 1.807) is 0 Å². The van der Waals surface area contributed by atoms with Gasteiger partial charge in [-0.2, -0.15) is 0 Å². The number of nitrogens with zero attached hydrogens (tertiary/aromatic N) is 3. The summed E-state index contributed by atoms with van der Waals surface area (Å²) < 4.78 is 5.65. The first-order valence-corrected chi connectivity index (χ1v) is 7.14. The van der Waals surface area contributed by atoms with Gasteiger partial charge in [-0.1, -0.05) is 0 Å². The number of hydrogen-bond donors (Lipinski definition) is 1. The van der Waals surface area contributed by atoms with Gasteiger partial charge in [0.25, 0.3) is 0 Å². The number of ether oxygens (including phenoxy) is 1. The van der Waals surface area contributed by atoms with Crippen LogP contribution in [0.3, 0.4) is 0 Å². The minimum atomic E-state index is 0.207. The summed E-state index contributed by atoms with van der Waals surface area (Å²) in [7, 11) is 4.03. The van der Waals surface area contributed by atoms with E-state index in [1.165, 1.54) is 0 Å². The lowest BCUT2D eigenvalue weighted by Gasteiger charge is -2.36. The summed E-state index contributed by atoms with van der Waals surface area (Å²) in [5.41, 5.74) is 0. The molecule has 0 aromatic carbocycles. The lowest BCUT2D eigenvalue weighted by Crippen LogP contribution is -2.53. The van der Waals surface area contributed by atoms with Crippen LogP contribution in [0, 0.1) is 0 Å². The number of rotatable bonds is 4. The zero-order valence-electron chi connectivity index (χ0n) is 12.1. The highest BCUT2D eigenvalue weighted by molar-refractivity contribution is 5.78. The minimum absolute atomic E-state index is 0.207. The highest BCUT2D eigenvalue weighted by Crippen LogP contribution is 2.06. The third kappa shape index (κ3) is 4.42. The highest BCUT2D eigenvalue weighted by atomic mass is 16.5. The van der Waals surface area contributed by atoms with Crippen LogP contribution < -0.4 is 5.32 Å². The van der Waals surface area contributed by atoms with Crippen molar-refractivity contribution in [1.82, 2.24) is 20.0 Å². The Morgan fingerprint density at radius 3 is 2.68 bits per heavy atom. The second kappa shape index (κ2) is 7.19. The Labute approximate surface area is 115 Å². The van der Waals surface area contributed by atoms with Crippen LogP contribution in [0.15, 0.2) is 0 Å². The zero-order chi connectivity index (χ0) is 13.7. The fourth-order valence-corrected chi connectivity index (χ4v) is 2.62. The van der Waals surface area contributed by atoms with E-state index in [2.05, 4.69) is 22.2 Å². The fraction of sp³-hybridized carbons (Fsp3) is 0.923. The SMILES string of the molecule is CNCC1CN(CC(=O)N2CCN(C)CC2)CCO1. The largest absolute Gasteiger partial charge is 0.374 e.